The third kappa shape index (κ3) is 6.16. The monoisotopic (exact) mass is 496 g/mol. The molecule has 7 nitrogen and oxygen atoms in total. The Labute approximate surface area is 181 Å². The van der Waals surface area contributed by atoms with E-state index in [0.717, 1.165) is 58.5 Å². The summed E-state index contributed by atoms with van der Waals surface area (Å²) >= 11 is 0. The molecule has 27 heavy (non-hydrogen) atoms. The molecule has 0 amide bonds. The van der Waals surface area contributed by atoms with Gasteiger partial charge in [-0.3, -0.25) is 9.89 Å². The molecule has 3 rings (SSSR count). The first-order valence-electron chi connectivity index (χ1n) is 10.2. The Hall–Kier alpha value is -0.160. The molecule has 1 unspecified atom stereocenters. The number of nitrogens with zero attached hydrogens (tertiary/aromatic N) is 3. The van der Waals surface area contributed by atoms with Gasteiger partial charge in [-0.2, -0.15) is 0 Å². The van der Waals surface area contributed by atoms with Gasteiger partial charge in [0.15, 0.2) is 5.96 Å². The average molecular weight is 496 g/mol. The van der Waals surface area contributed by atoms with E-state index in [1.54, 1.807) is 7.11 Å². The Kier molecular flexibility index (Phi) is 10.1. The van der Waals surface area contributed by atoms with Crippen molar-refractivity contribution in [3.63, 3.8) is 0 Å². The molecule has 1 N–H and O–H groups in total. The molecular weight excluding hydrogens is 459 g/mol. The number of aliphatic imine (C=N–C) groups is 1. The Morgan fingerprint density at radius 1 is 1.15 bits per heavy atom. The minimum Gasteiger partial charge on any atom is -0.382 e. The lowest BCUT2D eigenvalue weighted by Crippen LogP contribution is -2.61. The number of hydrogen-bond acceptors (Lipinski definition) is 5. The van der Waals surface area contributed by atoms with E-state index in [9.17, 15) is 0 Å². The predicted octanol–water partition coefficient (Wildman–Crippen LogP) is 1.56. The van der Waals surface area contributed by atoms with Gasteiger partial charge in [0.2, 0.25) is 0 Å². The number of guanidine groups is 1. The first-order chi connectivity index (χ1) is 12.8. The molecule has 3 aliphatic rings. The summed E-state index contributed by atoms with van der Waals surface area (Å²) in [6.07, 6.45) is 6.67. The van der Waals surface area contributed by atoms with Crippen LogP contribution in [0.25, 0.3) is 0 Å². The summed E-state index contributed by atoms with van der Waals surface area (Å²) in [7, 11) is 3.61. The standard InChI is InChI=1S/C19H36N4O3.HI/c1-20-18(22-8-13-26-17(14-22)15-24-2)21-16-19(6-4-3-5-7-19)23-9-11-25-12-10-23;/h17H,3-16H2,1-2H3,(H,20,21);1H. The Bertz CT molecular complexity index is 452. The van der Waals surface area contributed by atoms with E-state index >= 15 is 0 Å². The van der Waals surface area contributed by atoms with Gasteiger partial charge >= 0.3 is 0 Å². The van der Waals surface area contributed by atoms with Gasteiger partial charge in [0, 0.05) is 52.4 Å². The fraction of sp³-hybridized carbons (Fsp3) is 0.947. The van der Waals surface area contributed by atoms with Crippen molar-refractivity contribution in [2.75, 3.05) is 73.3 Å². The summed E-state index contributed by atoms with van der Waals surface area (Å²) in [6.45, 7) is 7.85. The average Bonchev–Trinajstić information content (AvgIpc) is 2.70. The topological polar surface area (TPSA) is 58.6 Å². The van der Waals surface area contributed by atoms with Crippen LogP contribution < -0.4 is 5.32 Å². The minimum atomic E-state index is 0. The highest BCUT2D eigenvalue weighted by Crippen LogP contribution is 2.34. The molecule has 0 radical (unpaired) electrons. The van der Waals surface area contributed by atoms with Crippen LogP contribution in [-0.4, -0.2) is 101 Å². The molecule has 0 aromatic carbocycles. The zero-order chi connectivity index (χ0) is 18.2. The summed E-state index contributed by atoms with van der Waals surface area (Å²) in [4.78, 5) is 9.54. The second kappa shape index (κ2) is 11.7. The quantitative estimate of drug-likeness (QED) is 0.354. The second-order valence-electron chi connectivity index (χ2n) is 7.68. The molecule has 158 valence electrons. The van der Waals surface area contributed by atoms with Crippen molar-refractivity contribution in [2.24, 2.45) is 4.99 Å². The van der Waals surface area contributed by atoms with Crippen molar-refractivity contribution < 1.29 is 14.2 Å². The lowest BCUT2D eigenvalue weighted by Gasteiger charge is -2.48. The normalized spacial score (nSPS) is 27.1. The molecule has 0 bridgehead atoms. The fourth-order valence-corrected chi connectivity index (χ4v) is 4.63. The molecule has 2 aliphatic heterocycles. The van der Waals surface area contributed by atoms with Gasteiger partial charge < -0.3 is 24.4 Å². The highest BCUT2D eigenvalue weighted by atomic mass is 127. The summed E-state index contributed by atoms with van der Waals surface area (Å²) in [5, 5.41) is 3.71. The number of methoxy groups -OCH3 is 1. The number of rotatable bonds is 5. The zero-order valence-electron chi connectivity index (χ0n) is 17.0. The Morgan fingerprint density at radius 3 is 2.56 bits per heavy atom. The lowest BCUT2D eigenvalue weighted by atomic mass is 9.79. The van der Waals surface area contributed by atoms with Crippen LogP contribution in [0.5, 0.6) is 0 Å². The molecule has 0 aromatic rings. The van der Waals surface area contributed by atoms with Crippen LogP contribution in [-0.2, 0) is 14.2 Å². The molecular formula is C19H37IN4O3. The molecule has 8 heteroatoms. The van der Waals surface area contributed by atoms with E-state index in [2.05, 4.69) is 20.1 Å². The van der Waals surface area contributed by atoms with Crippen molar-refractivity contribution in [3.8, 4) is 0 Å². The van der Waals surface area contributed by atoms with Crippen LogP contribution >= 0.6 is 24.0 Å². The molecule has 0 spiro atoms. The molecule has 3 fully saturated rings. The van der Waals surface area contributed by atoms with E-state index in [4.69, 9.17) is 14.2 Å². The zero-order valence-corrected chi connectivity index (χ0v) is 19.3. The lowest BCUT2D eigenvalue weighted by molar-refractivity contribution is -0.0464. The first-order valence-corrected chi connectivity index (χ1v) is 10.2. The van der Waals surface area contributed by atoms with Crippen LogP contribution in [0.3, 0.4) is 0 Å². The van der Waals surface area contributed by atoms with Crippen molar-refractivity contribution >= 4 is 29.9 Å². The Balaban J connectivity index is 0.00000261. The maximum Gasteiger partial charge on any atom is 0.193 e. The molecule has 1 aliphatic carbocycles. The SMILES string of the molecule is CN=C(NCC1(N2CCOCC2)CCCCC1)N1CCOC(COC)C1.I. The summed E-state index contributed by atoms with van der Waals surface area (Å²) in [6, 6.07) is 0. The van der Waals surface area contributed by atoms with Crippen LogP contribution in [0.1, 0.15) is 32.1 Å². The fourth-order valence-electron chi connectivity index (χ4n) is 4.63. The number of morpholine rings is 2. The van der Waals surface area contributed by atoms with Gasteiger partial charge in [0.05, 0.1) is 32.5 Å². The van der Waals surface area contributed by atoms with Gasteiger partial charge in [-0.1, -0.05) is 19.3 Å². The van der Waals surface area contributed by atoms with Gasteiger partial charge in [0.1, 0.15) is 0 Å². The van der Waals surface area contributed by atoms with Crippen molar-refractivity contribution in [1.82, 2.24) is 15.1 Å². The minimum absolute atomic E-state index is 0. The van der Waals surface area contributed by atoms with Crippen molar-refractivity contribution in [1.29, 1.82) is 0 Å². The van der Waals surface area contributed by atoms with E-state index in [0.29, 0.717) is 6.61 Å². The maximum absolute atomic E-state index is 5.78. The smallest absolute Gasteiger partial charge is 0.193 e. The highest BCUT2D eigenvalue weighted by molar-refractivity contribution is 14.0. The Morgan fingerprint density at radius 2 is 1.89 bits per heavy atom. The van der Waals surface area contributed by atoms with Crippen molar-refractivity contribution in [3.05, 3.63) is 0 Å². The largest absolute Gasteiger partial charge is 0.382 e. The van der Waals surface area contributed by atoms with Crippen LogP contribution in [0.4, 0.5) is 0 Å². The summed E-state index contributed by atoms with van der Waals surface area (Å²) < 4.78 is 16.6. The van der Waals surface area contributed by atoms with Gasteiger partial charge in [-0.05, 0) is 12.8 Å². The van der Waals surface area contributed by atoms with E-state index in [-0.39, 0.29) is 35.6 Å². The molecule has 1 saturated carbocycles. The molecule has 2 saturated heterocycles. The third-order valence-corrected chi connectivity index (χ3v) is 6.04. The summed E-state index contributed by atoms with van der Waals surface area (Å²) in [5.41, 5.74) is 0.246. The van der Waals surface area contributed by atoms with Gasteiger partial charge in [-0.25, -0.2) is 0 Å². The summed E-state index contributed by atoms with van der Waals surface area (Å²) in [5.74, 6) is 0.993. The second-order valence-corrected chi connectivity index (χ2v) is 7.68. The van der Waals surface area contributed by atoms with E-state index in [1.807, 2.05) is 7.05 Å². The molecule has 1 atom stereocenters. The van der Waals surface area contributed by atoms with Crippen LogP contribution in [0.15, 0.2) is 4.99 Å². The highest BCUT2D eigenvalue weighted by Gasteiger charge is 2.39. The first kappa shape index (κ1) is 23.1. The van der Waals surface area contributed by atoms with Gasteiger partial charge in [0.25, 0.3) is 0 Å². The number of halogens is 1. The van der Waals surface area contributed by atoms with E-state index in [1.165, 1.54) is 32.1 Å². The van der Waals surface area contributed by atoms with Gasteiger partial charge in [-0.15, -0.1) is 24.0 Å². The van der Waals surface area contributed by atoms with Crippen molar-refractivity contribution in [2.45, 2.75) is 43.7 Å². The maximum atomic E-state index is 5.78. The molecule has 2 heterocycles. The number of nitrogens with one attached hydrogen (secondary N) is 1. The third-order valence-electron chi connectivity index (χ3n) is 6.04. The van der Waals surface area contributed by atoms with Crippen LogP contribution in [0.2, 0.25) is 0 Å². The predicted molar refractivity (Wildman–Crippen MR) is 118 cm³/mol. The number of hydrogen-bond donors (Lipinski definition) is 1. The molecule has 0 aromatic heterocycles. The van der Waals surface area contributed by atoms with E-state index < -0.39 is 0 Å². The van der Waals surface area contributed by atoms with Crippen LogP contribution in [0, 0.1) is 0 Å². The number of ether oxygens (including phenoxy) is 3.